The minimum Gasteiger partial charge on any atom is -0.493 e. The van der Waals surface area contributed by atoms with Gasteiger partial charge in [-0.15, -0.1) is 0 Å². The van der Waals surface area contributed by atoms with Crippen molar-refractivity contribution >= 4 is 5.96 Å². The lowest BCUT2D eigenvalue weighted by Gasteiger charge is -2.17. The third-order valence-electron chi connectivity index (χ3n) is 3.86. The lowest BCUT2D eigenvalue weighted by Crippen LogP contribution is -2.38. The number of ether oxygens (including phenoxy) is 4. The molecular formula is C20H27N3O4. The first-order valence-electron chi connectivity index (χ1n) is 8.63. The largest absolute Gasteiger partial charge is 0.493 e. The van der Waals surface area contributed by atoms with Crippen molar-refractivity contribution in [3.63, 3.8) is 0 Å². The highest BCUT2D eigenvalue weighted by molar-refractivity contribution is 5.79. The van der Waals surface area contributed by atoms with Crippen LogP contribution in [0.5, 0.6) is 23.0 Å². The van der Waals surface area contributed by atoms with Gasteiger partial charge in [0.1, 0.15) is 12.4 Å². The summed E-state index contributed by atoms with van der Waals surface area (Å²) in [4.78, 5) is 4.22. The molecule has 2 N–H and O–H groups in total. The zero-order valence-electron chi connectivity index (χ0n) is 16.2. The van der Waals surface area contributed by atoms with Gasteiger partial charge >= 0.3 is 0 Å². The predicted molar refractivity (Wildman–Crippen MR) is 106 cm³/mol. The molecule has 0 saturated carbocycles. The molecule has 7 heteroatoms. The van der Waals surface area contributed by atoms with Crippen LogP contribution in [0.25, 0.3) is 0 Å². The van der Waals surface area contributed by atoms with E-state index in [0.29, 0.717) is 42.9 Å². The number of aliphatic imine (C=N–C) groups is 1. The summed E-state index contributed by atoms with van der Waals surface area (Å²) in [6.07, 6.45) is 0. The average Bonchev–Trinajstić information content (AvgIpc) is 2.73. The lowest BCUT2D eigenvalue weighted by molar-refractivity contribution is 0.321. The first-order chi connectivity index (χ1) is 13.2. The average molecular weight is 373 g/mol. The second-order valence-corrected chi connectivity index (χ2v) is 5.51. The van der Waals surface area contributed by atoms with Crippen molar-refractivity contribution in [2.45, 2.75) is 6.54 Å². The molecule has 0 aliphatic heterocycles. The van der Waals surface area contributed by atoms with Crippen LogP contribution in [0.15, 0.2) is 47.5 Å². The number of nitrogens with zero attached hydrogens (tertiary/aromatic N) is 1. The third kappa shape index (κ3) is 5.70. The molecule has 0 amide bonds. The van der Waals surface area contributed by atoms with Crippen LogP contribution >= 0.6 is 0 Å². The Morgan fingerprint density at radius 1 is 0.889 bits per heavy atom. The standard InChI is InChI=1S/C20H27N3O4/c1-21-20(22-12-13-27-16-8-6-5-7-9-16)23-14-15-10-11-17(24-2)19(26-4)18(15)25-3/h5-11H,12-14H2,1-4H3,(H2,21,22,23). The van der Waals surface area contributed by atoms with Crippen molar-refractivity contribution in [1.29, 1.82) is 0 Å². The second-order valence-electron chi connectivity index (χ2n) is 5.51. The number of nitrogens with one attached hydrogen (secondary N) is 2. The van der Waals surface area contributed by atoms with Gasteiger partial charge in [-0.05, 0) is 24.3 Å². The van der Waals surface area contributed by atoms with Crippen molar-refractivity contribution in [3.8, 4) is 23.0 Å². The van der Waals surface area contributed by atoms with Gasteiger partial charge in [0, 0.05) is 19.2 Å². The SMILES string of the molecule is CN=C(NCCOc1ccccc1)NCc1ccc(OC)c(OC)c1OC. The topological polar surface area (TPSA) is 73.3 Å². The van der Waals surface area contributed by atoms with E-state index in [1.165, 1.54) is 0 Å². The predicted octanol–water partition coefficient (Wildman–Crippen LogP) is 2.46. The summed E-state index contributed by atoms with van der Waals surface area (Å²) in [6, 6.07) is 13.5. The van der Waals surface area contributed by atoms with Crippen LogP contribution in [0.4, 0.5) is 0 Å². The van der Waals surface area contributed by atoms with Crippen LogP contribution in [-0.4, -0.2) is 47.5 Å². The number of rotatable bonds is 9. The first kappa shape index (κ1) is 20.2. The highest BCUT2D eigenvalue weighted by atomic mass is 16.5. The molecule has 0 radical (unpaired) electrons. The van der Waals surface area contributed by atoms with Crippen molar-refractivity contribution in [3.05, 3.63) is 48.0 Å². The van der Waals surface area contributed by atoms with Crippen LogP contribution in [0.1, 0.15) is 5.56 Å². The summed E-state index contributed by atoms with van der Waals surface area (Å²) >= 11 is 0. The normalized spacial score (nSPS) is 10.9. The van der Waals surface area contributed by atoms with Gasteiger partial charge < -0.3 is 29.6 Å². The Balaban J connectivity index is 1.88. The van der Waals surface area contributed by atoms with Gasteiger partial charge in [0.25, 0.3) is 0 Å². The number of guanidine groups is 1. The van der Waals surface area contributed by atoms with Gasteiger partial charge in [-0.2, -0.15) is 0 Å². The van der Waals surface area contributed by atoms with Gasteiger partial charge in [-0.1, -0.05) is 18.2 Å². The Labute approximate surface area is 160 Å². The molecule has 7 nitrogen and oxygen atoms in total. The number of hydrogen-bond donors (Lipinski definition) is 2. The maximum absolute atomic E-state index is 5.66. The maximum atomic E-state index is 5.66. The zero-order chi connectivity index (χ0) is 19.5. The molecule has 0 atom stereocenters. The minimum atomic E-state index is 0.517. The molecule has 0 aromatic heterocycles. The van der Waals surface area contributed by atoms with Gasteiger partial charge in [0.15, 0.2) is 17.5 Å². The van der Waals surface area contributed by atoms with Crippen LogP contribution < -0.4 is 29.6 Å². The Hall–Kier alpha value is -3.09. The summed E-state index contributed by atoms with van der Waals surface area (Å²) in [5.41, 5.74) is 0.929. The molecule has 2 aromatic rings. The number of para-hydroxylation sites is 1. The van der Waals surface area contributed by atoms with E-state index < -0.39 is 0 Å². The van der Waals surface area contributed by atoms with E-state index in [1.807, 2.05) is 42.5 Å². The van der Waals surface area contributed by atoms with E-state index >= 15 is 0 Å². The van der Waals surface area contributed by atoms with Gasteiger partial charge in [0.05, 0.1) is 27.9 Å². The van der Waals surface area contributed by atoms with E-state index in [2.05, 4.69) is 15.6 Å². The molecule has 2 rings (SSSR count). The molecule has 27 heavy (non-hydrogen) atoms. The van der Waals surface area contributed by atoms with E-state index in [-0.39, 0.29) is 0 Å². The molecule has 0 heterocycles. The monoisotopic (exact) mass is 373 g/mol. The molecule has 0 aliphatic rings. The van der Waals surface area contributed by atoms with Gasteiger partial charge in [-0.3, -0.25) is 4.99 Å². The lowest BCUT2D eigenvalue weighted by atomic mass is 10.1. The smallest absolute Gasteiger partial charge is 0.203 e. The highest BCUT2D eigenvalue weighted by Crippen LogP contribution is 2.39. The van der Waals surface area contributed by atoms with Crippen molar-refractivity contribution < 1.29 is 18.9 Å². The van der Waals surface area contributed by atoms with Crippen LogP contribution in [0.3, 0.4) is 0 Å². The van der Waals surface area contributed by atoms with Crippen molar-refractivity contribution in [1.82, 2.24) is 10.6 Å². The van der Waals surface area contributed by atoms with E-state index in [4.69, 9.17) is 18.9 Å². The highest BCUT2D eigenvalue weighted by Gasteiger charge is 2.15. The Morgan fingerprint density at radius 3 is 2.26 bits per heavy atom. The Kier molecular flexibility index (Phi) is 8.09. The zero-order valence-corrected chi connectivity index (χ0v) is 16.2. The van der Waals surface area contributed by atoms with Gasteiger partial charge in [-0.25, -0.2) is 0 Å². The molecule has 146 valence electrons. The summed E-state index contributed by atoms with van der Waals surface area (Å²) in [5, 5.41) is 6.47. The summed E-state index contributed by atoms with van der Waals surface area (Å²) in [5.74, 6) is 3.34. The van der Waals surface area contributed by atoms with Crippen molar-refractivity contribution in [2.24, 2.45) is 4.99 Å². The number of benzene rings is 2. The molecule has 0 spiro atoms. The Bertz CT molecular complexity index is 736. The third-order valence-corrected chi connectivity index (χ3v) is 3.86. The van der Waals surface area contributed by atoms with Gasteiger partial charge in [0.2, 0.25) is 5.75 Å². The summed E-state index contributed by atoms with van der Waals surface area (Å²) < 4.78 is 21.9. The van der Waals surface area contributed by atoms with Crippen LogP contribution in [-0.2, 0) is 6.54 Å². The Morgan fingerprint density at radius 2 is 1.63 bits per heavy atom. The molecule has 0 bridgehead atoms. The quantitative estimate of drug-likeness (QED) is 0.400. The molecule has 0 saturated heterocycles. The second kappa shape index (κ2) is 10.8. The maximum Gasteiger partial charge on any atom is 0.203 e. The fourth-order valence-electron chi connectivity index (χ4n) is 2.56. The summed E-state index contributed by atoms with van der Waals surface area (Å²) in [7, 11) is 6.51. The van der Waals surface area contributed by atoms with E-state index in [1.54, 1.807) is 28.4 Å². The van der Waals surface area contributed by atoms with E-state index in [9.17, 15) is 0 Å². The first-order valence-corrected chi connectivity index (χ1v) is 8.63. The molecule has 2 aromatic carbocycles. The van der Waals surface area contributed by atoms with E-state index in [0.717, 1.165) is 11.3 Å². The molecule has 0 aliphatic carbocycles. The van der Waals surface area contributed by atoms with Crippen LogP contribution in [0, 0.1) is 0 Å². The number of hydrogen-bond acceptors (Lipinski definition) is 5. The van der Waals surface area contributed by atoms with Crippen molar-refractivity contribution in [2.75, 3.05) is 41.5 Å². The molecule has 0 fully saturated rings. The number of methoxy groups -OCH3 is 3. The minimum absolute atomic E-state index is 0.517. The molecule has 0 unspecified atom stereocenters. The molecular weight excluding hydrogens is 346 g/mol. The summed E-state index contributed by atoms with van der Waals surface area (Å²) in [6.45, 7) is 1.67. The fraction of sp³-hybridized carbons (Fsp3) is 0.350. The van der Waals surface area contributed by atoms with Crippen LogP contribution in [0.2, 0.25) is 0 Å². The fourth-order valence-corrected chi connectivity index (χ4v) is 2.56.